The standard InChI is InChI=1S/C23H24FN3O/c1-5-6-17-11-15(3)21(16(4)12-17)27-23(28)22-25-10-9-20(26-22)19-13-18(24)8-7-14(19)2/h7-13H,5-6H2,1-4H3,(H,27,28). The molecule has 0 radical (unpaired) electrons. The Hall–Kier alpha value is -3.08. The first kappa shape index (κ1) is 19.7. The predicted molar refractivity (Wildman–Crippen MR) is 110 cm³/mol. The van der Waals surface area contributed by atoms with Crippen LogP contribution in [0.4, 0.5) is 10.1 Å². The lowest BCUT2D eigenvalue weighted by molar-refractivity contribution is 0.101. The summed E-state index contributed by atoms with van der Waals surface area (Å²) in [6.45, 7) is 7.98. The van der Waals surface area contributed by atoms with Crippen molar-refractivity contribution >= 4 is 11.6 Å². The van der Waals surface area contributed by atoms with Gasteiger partial charge in [0.15, 0.2) is 0 Å². The van der Waals surface area contributed by atoms with Crippen molar-refractivity contribution in [3.8, 4) is 11.3 Å². The van der Waals surface area contributed by atoms with Crippen molar-refractivity contribution in [1.82, 2.24) is 9.97 Å². The fourth-order valence-corrected chi connectivity index (χ4v) is 3.34. The van der Waals surface area contributed by atoms with Crippen LogP contribution >= 0.6 is 0 Å². The quantitative estimate of drug-likeness (QED) is 0.646. The molecule has 3 rings (SSSR count). The Kier molecular flexibility index (Phi) is 5.83. The van der Waals surface area contributed by atoms with Crippen LogP contribution in [0.15, 0.2) is 42.6 Å². The van der Waals surface area contributed by atoms with Gasteiger partial charge in [0.05, 0.1) is 5.69 Å². The van der Waals surface area contributed by atoms with Gasteiger partial charge in [-0.3, -0.25) is 4.79 Å². The van der Waals surface area contributed by atoms with Crippen molar-refractivity contribution in [1.29, 1.82) is 0 Å². The number of aryl methyl sites for hydroxylation is 4. The van der Waals surface area contributed by atoms with Crippen LogP contribution in [-0.4, -0.2) is 15.9 Å². The highest BCUT2D eigenvalue weighted by molar-refractivity contribution is 6.02. The number of carbonyl (C=O) groups is 1. The number of amides is 1. The number of aromatic nitrogens is 2. The van der Waals surface area contributed by atoms with Gasteiger partial charge >= 0.3 is 0 Å². The second-order valence-electron chi connectivity index (χ2n) is 7.03. The molecule has 0 bridgehead atoms. The van der Waals surface area contributed by atoms with Gasteiger partial charge in [-0.1, -0.05) is 31.5 Å². The molecule has 144 valence electrons. The molecular weight excluding hydrogens is 353 g/mol. The summed E-state index contributed by atoms with van der Waals surface area (Å²) in [6.07, 6.45) is 3.60. The largest absolute Gasteiger partial charge is 0.319 e. The zero-order chi connectivity index (χ0) is 20.3. The molecule has 1 aromatic heterocycles. The highest BCUT2D eigenvalue weighted by Crippen LogP contribution is 2.25. The zero-order valence-corrected chi connectivity index (χ0v) is 16.6. The minimum Gasteiger partial charge on any atom is -0.319 e. The van der Waals surface area contributed by atoms with E-state index in [1.807, 2.05) is 20.8 Å². The summed E-state index contributed by atoms with van der Waals surface area (Å²) in [6, 6.07) is 10.4. The number of carbonyl (C=O) groups excluding carboxylic acids is 1. The number of nitrogens with zero attached hydrogens (tertiary/aromatic N) is 2. The fourth-order valence-electron chi connectivity index (χ4n) is 3.34. The van der Waals surface area contributed by atoms with E-state index in [2.05, 4.69) is 34.3 Å². The molecule has 0 unspecified atom stereocenters. The first-order chi connectivity index (χ1) is 13.4. The van der Waals surface area contributed by atoms with Crippen LogP contribution in [0.1, 0.15) is 46.2 Å². The molecule has 4 nitrogen and oxygen atoms in total. The van der Waals surface area contributed by atoms with Crippen molar-refractivity contribution in [3.05, 3.63) is 76.5 Å². The summed E-state index contributed by atoms with van der Waals surface area (Å²) >= 11 is 0. The van der Waals surface area contributed by atoms with Crippen LogP contribution in [0.3, 0.4) is 0 Å². The zero-order valence-electron chi connectivity index (χ0n) is 16.6. The Labute approximate surface area is 164 Å². The molecule has 1 N–H and O–H groups in total. The molecule has 1 heterocycles. The summed E-state index contributed by atoms with van der Waals surface area (Å²) < 4.78 is 13.6. The van der Waals surface area contributed by atoms with Crippen molar-refractivity contribution in [3.63, 3.8) is 0 Å². The summed E-state index contributed by atoms with van der Waals surface area (Å²) in [4.78, 5) is 21.2. The normalized spacial score (nSPS) is 10.8. The first-order valence-corrected chi connectivity index (χ1v) is 9.40. The van der Waals surface area contributed by atoms with Gasteiger partial charge in [0.25, 0.3) is 5.91 Å². The summed E-state index contributed by atoms with van der Waals surface area (Å²) in [5.41, 5.74) is 6.10. The molecule has 0 atom stereocenters. The Morgan fingerprint density at radius 1 is 1.04 bits per heavy atom. The summed E-state index contributed by atoms with van der Waals surface area (Å²) in [7, 11) is 0. The van der Waals surface area contributed by atoms with Gasteiger partial charge < -0.3 is 5.32 Å². The SMILES string of the molecule is CCCc1cc(C)c(NC(=O)c2nccc(-c3cc(F)ccc3C)n2)c(C)c1. The topological polar surface area (TPSA) is 54.9 Å². The molecule has 0 fully saturated rings. The lowest BCUT2D eigenvalue weighted by Crippen LogP contribution is -2.17. The van der Waals surface area contributed by atoms with Crippen LogP contribution in [0.5, 0.6) is 0 Å². The molecule has 0 saturated heterocycles. The van der Waals surface area contributed by atoms with E-state index in [9.17, 15) is 9.18 Å². The molecule has 0 saturated carbocycles. The molecule has 2 aromatic carbocycles. The van der Waals surface area contributed by atoms with Crippen LogP contribution in [0.25, 0.3) is 11.3 Å². The van der Waals surface area contributed by atoms with Crippen LogP contribution in [0, 0.1) is 26.6 Å². The molecule has 28 heavy (non-hydrogen) atoms. The third kappa shape index (κ3) is 4.25. The molecule has 1 amide bonds. The van der Waals surface area contributed by atoms with E-state index >= 15 is 0 Å². The lowest BCUT2D eigenvalue weighted by Gasteiger charge is -2.14. The maximum Gasteiger partial charge on any atom is 0.293 e. The fraction of sp³-hybridized carbons (Fsp3) is 0.261. The second-order valence-corrected chi connectivity index (χ2v) is 7.03. The Bertz CT molecular complexity index is 1010. The average molecular weight is 377 g/mol. The highest BCUT2D eigenvalue weighted by atomic mass is 19.1. The monoisotopic (exact) mass is 377 g/mol. The number of hydrogen-bond donors (Lipinski definition) is 1. The van der Waals surface area contributed by atoms with E-state index in [4.69, 9.17) is 0 Å². The predicted octanol–water partition coefficient (Wildman–Crippen LogP) is 5.41. The van der Waals surface area contributed by atoms with Crippen molar-refractivity contribution in [2.45, 2.75) is 40.5 Å². The van der Waals surface area contributed by atoms with Crippen molar-refractivity contribution in [2.24, 2.45) is 0 Å². The maximum atomic E-state index is 13.6. The average Bonchev–Trinajstić information content (AvgIpc) is 2.67. The van der Waals surface area contributed by atoms with Crippen molar-refractivity contribution in [2.75, 3.05) is 5.32 Å². The Morgan fingerprint density at radius 3 is 2.43 bits per heavy atom. The minimum absolute atomic E-state index is 0.0533. The van der Waals surface area contributed by atoms with Gasteiger partial charge in [-0.25, -0.2) is 14.4 Å². The second kappa shape index (κ2) is 8.30. The third-order valence-electron chi connectivity index (χ3n) is 4.70. The van der Waals surface area contributed by atoms with Crippen LogP contribution in [0.2, 0.25) is 0 Å². The van der Waals surface area contributed by atoms with Crippen LogP contribution < -0.4 is 5.32 Å². The molecule has 3 aromatic rings. The molecule has 0 aliphatic carbocycles. The minimum atomic E-state index is -0.384. The highest BCUT2D eigenvalue weighted by Gasteiger charge is 2.15. The van der Waals surface area contributed by atoms with Gasteiger partial charge in [0, 0.05) is 17.4 Å². The Balaban J connectivity index is 1.89. The number of rotatable bonds is 5. The van der Waals surface area contributed by atoms with Crippen molar-refractivity contribution < 1.29 is 9.18 Å². The van der Waals surface area contributed by atoms with Gasteiger partial charge in [-0.2, -0.15) is 0 Å². The van der Waals surface area contributed by atoms with E-state index in [0.717, 1.165) is 35.2 Å². The van der Waals surface area contributed by atoms with Gasteiger partial charge in [0.2, 0.25) is 5.82 Å². The van der Waals surface area contributed by atoms with E-state index in [1.54, 1.807) is 12.1 Å². The summed E-state index contributed by atoms with van der Waals surface area (Å²) in [5, 5.41) is 2.93. The van der Waals surface area contributed by atoms with Crippen LogP contribution in [-0.2, 0) is 6.42 Å². The van der Waals surface area contributed by atoms with E-state index < -0.39 is 0 Å². The maximum absolute atomic E-state index is 13.6. The molecule has 5 heteroatoms. The molecule has 0 aliphatic rings. The lowest BCUT2D eigenvalue weighted by atomic mass is 10.0. The van der Waals surface area contributed by atoms with Gasteiger partial charge in [-0.05, 0) is 67.6 Å². The number of benzene rings is 2. The number of anilines is 1. The van der Waals surface area contributed by atoms with Gasteiger partial charge in [-0.15, -0.1) is 0 Å². The molecule has 0 aliphatic heterocycles. The van der Waals surface area contributed by atoms with E-state index in [0.29, 0.717) is 11.3 Å². The Morgan fingerprint density at radius 2 is 1.75 bits per heavy atom. The van der Waals surface area contributed by atoms with Gasteiger partial charge in [0.1, 0.15) is 5.82 Å². The number of nitrogens with one attached hydrogen (secondary N) is 1. The first-order valence-electron chi connectivity index (χ1n) is 9.40. The number of hydrogen-bond acceptors (Lipinski definition) is 3. The smallest absolute Gasteiger partial charge is 0.293 e. The van der Waals surface area contributed by atoms with E-state index in [-0.39, 0.29) is 17.5 Å². The van der Waals surface area contributed by atoms with E-state index in [1.165, 1.54) is 23.9 Å². The molecule has 0 spiro atoms. The molecular formula is C23H24FN3O. The summed E-state index contributed by atoms with van der Waals surface area (Å²) in [5.74, 6) is -0.674. The third-order valence-corrected chi connectivity index (χ3v) is 4.70. The number of halogens is 1.